The summed E-state index contributed by atoms with van der Waals surface area (Å²) in [5.74, 6) is 1.36. The second kappa shape index (κ2) is 9.07. The van der Waals surface area contributed by atoms with Gasteiger partial charge in [0.25, 0.3) is 5.19 Å². The summed E-state index contributed by atoms with van der Waals surface area (Å²) in [5.41, 5.74) is 1.65. The molecular weight excluding hydrogens is 394 g/mol. The highest BCUT2D eigenvalue weighted by Crippen LogP contribution is 2.36. The van der Waals surface area contributed by atoms with Crippen molar-refractivity contribution in [2.75, 3.05) is 6.61 Å². The topological polar surface area (TPSA) is 73.7 Å². The van der Waals surface area contributed by atoms with Gasteiger partial charge in [-0.05, 0) is 44.0 Å². The van der Waals surface area contributed by atoms with Crippen LogP contribution in [0.4, 0.5) is 0 Å². The Hall–Kier alpha value is -2.58. The lowest BCUT2D eigenvalue weighted by Gasteiger charge is -2.09. The third-order valence-corrected chi connectivity index (χ3v) is 5.85. The number of ether oxygens (including phenoxy) is 2. The van der Waals surface area contributed by atoms with Gasteiger partial charge in [0.15, 0.2) is 0 Å². The number of hydrogen-bond donors (Lipinski definition) is 0. The Balaban J connectivity index is 1.73. The molecule has 0 aliphatic heterocycles. The number of aromatic nitrogens is 2. The molecule has 2 heterocycles. The van der Waals surface area contributed by atoms with Gasteiger partial charge in [0.1, 0.15) is 16.5 Å². The molecule has 6 nitrogen and oxygen atoms in total. The quantitative estimate of drug-likeness (QED) is 0.476. The van der Waals surface area contributed by atoms with Gasteiger partial charge in [-0.3, -0.25) is 4.79 Å². The summed E-state index contributed by atoms with van der Waals surface area (Å²) in [6.45, 7) is 7.99. The Morgan fingerprint density at radius 2 is 2.00 bits per heavy atom. The zero-order valence-electron chi connectivity index (χ0n) is 16.2. The minimum atomic E-state index is -0.220. The van der Waals surface area contributed by atoms with Crippen LogP contribution in [0, 0.1) is 6.92 Å². The monoisotopic (exact) mass is 415 g/mol. The largest absolute Gasteiger partial charge is 0.494 e. The molecule has 0 unspecified atom stereocenters. The number of aliphatic imine (C=N–C) groups is 1. The molecule has 0 radical (unpaired) electrons. The van der Waals surface area contributed by atoms with E-state index in [0.717, 1.165) is 38.2 Å². The lowest BCUT2D eigenvalue weighted by Crippen LogP contribution is -1.95. The van der Waals surface area contributed by atoms with E-state index in [1.54, 1.807) is 19.3 Å². The van der Waals surface area contributed by atoms with Crippen molar-refractivity contribution in [1.29, 1.82) is 0 Å². The second-order valence-corrected chi connectivity index (χ2v) is 8.14. The zero-order chi connectivity index (χ0) is 20.1. The second-order valence-electron chi connectivity index (χ2n) is 6.11. The molecular formula is C20H21N3O3S2. The van der Waals surface area contributed by atoms with Gasteiger partial charge in [-0.1, -0.05) is 18.3 Å². The van der Waals surface area contributed by atoms with Crippen molar-refractivity contribution in [2.24, 2.45) is 4.99 Å². The zero-order valence-corrected chi connectivity index (χ0v) is 17.8. The van der Waals surface area contributed by atoms with Gasteiger partial charge in [0, 0.05) is 13.1 Å². The maximum atomic E-state index is 11.1. The summed E-state index contributed by atoms with van der Waals surface area (Å²) in [5, 5.41) is 1.37. The van der Waals surface area contributed by atoms with Crippen LogP contribution in [0.25, 0.3) is 9.88 Å². The first-order valence-electron chi connectivity index (χ1n) is 8.85. The Labute approximate surface area is 171 Å². The number of hydrogen-bond acceptors (Lipinski definition) is 7. The summed E-state index contributed by atoms with van der Waals surface area (Å²) in [4.78, 5) is 25.6. The molecule has 0 atom stereocenters. The van der Waals surface area contributed by atoms with Crippen molar-refractivity contribution in [1.82, 2.24) is 9.97 Å². The normalized spacial score (nSPS) is 11.5. The maximum Gasteiger partial charge on any atom is 0.279 e. The average Bonchev–Trinajstić information content (AvgIpc) is 3.30. The van der Waals surface area contributed by atoms with Gasteiger partial charge in [-0.15, -0.1) is 11.3 Å². The molecule has 28 heavy (non-hydrogen) atoms. The first-order valence-corrected chi connectivity index (χ1v) is 10.5. The number of thiazole rings is 2. The Morgan fingerprint density at radius 1 is 1.18 bits per heavy atom. The number of amides is 1. The molecule has 8 heteroatoms. The fourth-order valence-corrected chi connectivity index (χ4v) is 4.08. The van der Waals surface area contributed by atoms with Crippen LogP contribution in [-0.2, 0) is 4.79 Å². The van der Waals surface area contributed by atoms with Crippen molar-refractivity contribution < 1.29 is 14.3 Å². The Morgan fingerprint density at radius 3 is 2.71 bits per heavy atom. The van der Waals surface area contributed by atoms with E-state index in [2.05, 4.69) is 21.9 Å². The summed E-state index contributed by atoms with van der Waals surface area (Å²) >= 11 is 2.90. The van der Waals surface area contributed by atoms with Gasteiger partial charge in [0.05, 0.1) is 28.3 Å². The third kappa shape index (κ3) is 5.02. The number of carbonyl (C=O) groups excluding carboxylic acids is 1. The summed E-state index contributed by atoms with van der Waals surface area (Å²) in [6.07, 6.45) is 4.44. The van der Waals surface area contributed by atoms with Gasteiger partial charge in [-0.25, -0.2) is 15.0 Å². The van der Waals surface area contributed by atoms with Gasteiger partial charge < -0.3 is 9.47 Å². The van der Waals surface area contributed by atoms with Crippen molar-refractivity contribution >= 4 is 34.3 Å². The van der Waals surface area contributed by atoms with Gasteiger partial charge in [0.2, 0.25) is 5.91 Å². The first-order chi connectivity index (χ1) is 13.5. The molecule has 0 spiro atoms. The molecule has 2 aromatic heterocycles. The van der Waals surface area contributed by atoms with Crippen LogP contribution < -0.4 is 9.47 Å². The minimum absolute atomic E-state index is 0.220. The van der Waals surface area contributed by atoms with E-state index in [1.165, 1.54) is 29.6 Å². The average molecular weight is 416 g/mol. The fraction of sp³-hybridized carbons (Fsp3) is 0.300. The van der Waals surface area contributed by atoms with Crippen molar-refractivity contribution in [3.8, 4) is 26.6 Å². The fourth-order valence-electron chi connectivity index (χ4n) is 2.39. The van der Waals surface area contributed by atoms with Crippen LogP contribution in [0.15, 0.2) is 35.6 Å². The lowest BCUT2D eigenvalue weighted by atomic mass is 10.2. The van der Waals surface area contributed by atoms with Crippen LogP contribution in [-0.4, -0.2) is 28.2 Å². The number of rotatable bonds is 7. The number of aryl methyl sites for hydroxylation is 1. The SMILES string of the molecule is CCCOc1ccc(Oc2ncc(-c3ncc(/C(C)=N/C(C)=O)s3)s2)c(C)c1. The summed E-state index contributed by atoms with van der Waals surface area (Å²) in [7, 11) is 0. The van der Waals surface area contributed by atoms with E-state index >= 15 is 0 Å². The molecule has 0 fully saturated rings. The van der Waals surface area contributed by atoms with E-state index in [0.29, 0.717) is 17.5 Å². The third-order valence-electron chi connectivity index (χ3n) is 3.70. The molecule has 3 rings (SSSR count). The number of benzene rings is 1. The molecule has 146 valence electrons. The predicted molar refractivity (Wildman–Crippen MR) is 113 cm³/mol. The van der Waals surface area contributed by atoms with Crippen LogP contribution in [0.3, 0.4) is 0 Å². The smallest absolute Gasteiger partial charge is 0.279 e. The van der Waals surface area contributed by atoms with E-state index < -0.39 is 0 Å². The number of carbonyl (C=O) groups is 1. The van der Waals surface area contributed by atoms with E-state index in [4.69, 9.17) is 9.47 Å². The van der Waals surface area contributed by atoms with Gasteiger partial charge in [-0.2, -0.15) is 0 Å². The van der Waals surface area contributed by atoms with Crippen molar-refractivity contribution in [3.63, 3.8) is 0 Å². The number of nitrogens with zero attached hydrogens (tertiary/aromatic N) is 3. The molecule has 0 bridgehead atoms. The summed E-state index contributed by atoms with van der Waals surface area (Å²) < 4.78 is 11.6. The molecule has 3 aromatic rings. The van der Waals surface area contributed by atoms with Crippen LogP contribution in [0.1, 0.15) is 37.6 Å². The van der Waals surface area contributed by atoms with E-state index in [1.807, 2.05) is 25.1 Å². The Bertz CT molecular complexity index is 1010. The van der Waals surface area contributed by atoms with E-state index in [9.17, 15) is 4.79 Å². The summed E-state index contributed by atoms with van der Waals surface area (Å²) in [6, 6.07) is 5.75. The predicted octanol–water partition coefficient (Wildman–Crippen LogP) is 5.51. The van der Waals surface area contributed by atoms with Crippen LogP contribution >= 0.6 is 22.7 Å². The standard InChI is InChI=1S/C20H21N3O3S2/c1-5-8-25-15-6-7-16(12(2)9-15)26-20-22-11-18(28-20)19-21-10-17(27-19)13(3)23-14(4)24/h6-7,9-11H,5,8H2,1-4H3/b23-13+. The highest BCUT2D eigenvalue weighted by Gasteiger charge is 2.13. The maximum absolute atomic E-state index is 11.1. The molecule has 0 N–H and O–H groups in total. The lowest BCUT2D eigenvalue weighted by molar-refractivity contribution is -0.115. The highest BCUT2D eigenvalue weighted by molar-refractivity contribution is 7.23. The molecule has 0 saturated heterocycles. The van der Waals surface area contributed by atoms with Gasteiger partial charge >= 0.3 is 0 Å². The van der Waals surface area contributed by atoms with Crippen LogP contribution in [0.2, 0.25) is 0 Å². The molecule has 1 amide bonds. The minimum Gasteiger partial charge on any atom is -0.494 e. The molecule has 0 saturated carbocycles. The molecule has 0 aliphatic rings. The highest BCUT2D eigenvalue weighted by atomic mass is 32.1. The van der Waals surface area contributed by atoms with Crippen LogP contribution in [0.5, 0.6) is 16.7 Å². The van der Waals surface area contributed by atoms with Crippen molar-refractivity contribution in [3.05, 3.63) is 41.0 Å². The van der Waals surface area contributed by atoms with E-state index in [-0.39, 0.29) is 5.91 Å². The Kier molecular flexibility index (Phi) is 6.53. The molecule has 0 aliphatic carbocycles. The molecule has 1 aromatic carbocycles. The first kappa shape index (κ1) is 20.2. The van der Waals surface area contributed by atoms with Crippen molar-refractivity contribution in [2.45, 2.75) is 34.1 Å².